The number of hydrogen-bond donors (Lipinski definition) is 0. The fraction of sp³-hybridized carbons (Fsp3) is 0.350. The van der Waals surface area contributed by atoms with E-state index in [0.717, 1.165) is 0 Å². The molecule has 2 rings (SSSR count). The number of Topliss-reactive ketones (excluding diaryl/α,β-unsaturated/α-hetero) is 1. The monoisotopic (exact) mass is 401 g/mol. The number of carbonyl (C=O) groups is 3. The second-order valence-electron chi connectivity index (χ2n) is 6.74. The number of esters is 1. The van der Waals surface area contributed by atoms with Crippen molar-refractivity contribution in [1.29, 1.82) is 0 Å². The topological polar surface area (TPSA) is 112 Å². The maximum Gasteiger partial charge on any atom is 0.354 e. The first-order chi connectivity index (χ1) is 13.5. The predicted octanol–water partition coefficient (Wildman–Crippen LogP) is 2.68. The van der Waals surface area contributed by atoms with Crippen molar-refractivity contribution in [2.45, 2.75) is 26.8 Å². The number of benzene rings is 1. The molecule has 0 N–H and O–H groups in total. The van der Waals surface area contributed by atoms with Gasteiger partial charge < -0.3 is 14.2 Å². The molecule has 9 nitrogen and oxygen atoms in total. The number of ether oxygens (including phenoxy) is 1. The number of amides is 1. The maximum absolute atomic E-state index is 13.1. The number of rotatable bonds is 6. The number of hydrogen-bond acceptors (Lipinski definition) is 6. The fourth-order valence-corrected chi connectivity index (χ4v) is 3.22. The molecule has 0 aliphatic carbocycles. The third kappa shape index (κ3) is 3.89. The Balaban J connectivity index is 2.33. The Morgan fingerprint density at radius 3 is 2.21 bits per heavy atom. The van der Waals surface area contributed by atoms with Crippen LogP contribution in [0.15, 0.2) is 24.3 Å². The summed E-state index contributed by atoms with van der Waals surface area (Å²) >= 11 is 0. The zero-order chi connectivity index (χ0) is 22.0. The van der Waals surface area contributed by atoms with E-state index in [9.17, 15) is 24.5 Å². The van der Waals surface area contributed by atoms with Gasteiger partial charge in [0.1, 0.15) is 5.69 Å². The lowest BCUT2D eigenvalue weighted by molar-refractivity contribution is -0.384. The summed E-state index contributed by atoms with van der Waals surface area (Å²) in [5.74, 6) is -1.31. The van der Waals surface area contributed by atoms with Crippen molar-refractivity contribution in [2.24, 2.45) is 7.05 Å². The smallest absolute Gasteiger partial charge is 0.354 e. The lowest BCUT2D eigenvalue weighted by Gasteiger charge is -2.24. The van der Waals surface area contributed by atoms with E-state index < -0.39 is 22.8 Å². The normalized spacial score (nSPS) is 11.7. The molecule has 0 saturated carbocycles. The van der Waals surface area contributed by atoms with E-state index in [-0.39, 0.29) is 22.7 Å². The molecule has 9 heteroatoms. The minimum Gasteiger partial charge on any atom is -0.464 e. The largest absolute Gasteiger partial charge is 0.464 e. The number of ketones is 1. The van der Waals surface area contributed by atoms with Crippen LogP contribution in [0.2, 0.25) is 0 Å². The van der Waals surface area contributed by atoms with Gasteiger partial charge in [-0.3, -0.25) is 19.7 Å². The summed E-state index contributed by atoms with van der Waals surface area (Å²) in [6.07, 6.45) is 0. The highest BCUT2D eigenvalue weighted by Crippen LogP contribution is 2.25. The quantitative estimate of drug-likeness (QED) is 0.318. The van der Waals surface area contributed by atoms with Crippen molar-refractivity contribution in [3.8, 4) is 0 Å². The van der Waals surface area contributed by atoms with Crippen molar-refractivity contribution in [3.05, 3.63) is 62.5 Å². The first-order valence-electron chi connectivity index (χ1n) is 8.82. The van der Waals surface area contributed by atoms with E-state index in [0.29, 0.717) is 16.8 Å². The van der Waals surface area contributed by atoms with Crippen LogP contribution >= 0.6 is 0 Å². The molecule has 0 bridgehead atoms. The number of carbonyl (C=O) groups excluding carboxylic acids is 3. The van der Waals surface area contributed by atoms with Crippen LogP contribution in [0, 0.1) is 24.0 Å². The predicted molar refractivity (Wildman–Crippen MR) is 105 cm³/mol. The average Bonchev–Trinajstić information content (AvgIpc) is 2.93. The number of nitrogens with zero attached hydrogens (tertiary/aromatic N) is 3. The van der Waals surface area contributed by atoms with Crippen LogP contribution in [0.1, 0.15) is 49.4 Å². The zero-order valence-electron chi connectivity index (χ0n) is 17.2. The summed E-state index contributed by atoms with van der Waals surface area (Å²) in [4.78, 5) is 49.4. The highest BCUT2D eigenvalue weighted by molar-refractivity contribution is 6.07. The van der Waals surface area contributed by atoms with Crippen molar-refractivity contribution >= 4 is 23.3 Å². The van der Waals surface area contributed by atoms with Crippen LogP contribution in [-0.2, 0) is 11.8 Å². The Morgan fingerprint density at radius 2 is 1.72 bits per heavy atom. The third-order valence-electron chi connectivity index (χ3n) is 5.16. The molecule has 2 aromatic rings. The summed E-state index contributed by atoms with van der Waals surface area (Å²) in [5.41, 5.74) is 1.84. The van der Waals surface area contributed by atoms with E-state index in [1.165, 1.54) is 43.3 Å². The molecule has 1 heterocycles. The Hall–Kier alpha value is -3.49. The fourth-order valence-electron chi connectivity index (χ4n) is 3.22. The highest BCUT2D eigenvalue weighted by atomic mass is 16.6. The van der Waals surface area contributed by atoms with Gasteiger partial charge in [-0.25, -0.2) is 4.79 Å². The van der Waals surface area contributed by atoms with E-state index >= 15 is 0 Å². The van der Waals surface area contributed by atoms with Gasteiger partial charge in [0.05, 0.1) is 18.1 Å². The van der Waals surface area contributed by atoms with Crippen LogP contribution in [0.4, 0.5) is 5.69 Å². The summed E-state index contributed by atoms with van der Waals surface area (Å²) in [7, 11) is 4.42. The van der Waals surface area contributed by atoms with Gasteiger partial charge in [-0.05, 0) is 38.5 Å². The minimum absolute atomic E-state index is 0.126. The molecule has 1 unspecified atom stereocenters. The summed E-state index contributed by atoms with van der Waals surface area (Å²) in [5, 5.41) is 10.8. The lowest BCUT2D eigenvalue weighted by atomic mass is 9.99. The van der Waals surface area contributed by atoms with Gasteiger partial charge in [0.15, 0.2) is 5.78 Å². The lowest BCUT2D eigenvalue weighted by Crippen LogP contribution is -2.40. The zero-order valence-corrected chi connectivity index (χ0v) is 17.2. The van der Waals surface area contributed by atoms with E-state index in [2.05, 4.69) is 0 Å². The summed E-state index contributed by atoms with van der Waals surface area (Å²) in [6, 6.07) is 4.36. The van der Waals surface area contributed by atoms with Crippen LogP contribution in [0.5, 0.6) is 0 Å². The van der Waals surface area contributed by atoms with Gasteiger partial charge in [0.2, 0.25) is 0 Å². The minimum atomic E-state index is -0.817. The van der Waals surface area contributed by atoms with Gasteiger partial charge in [0, 0.05) is 43.0 Å². The van der Waals surface area contributed by atoms with Gasteiger partial charge >= 0.3 is 5.97 Å². The molecular formula is C20H23N3O6. The van der Waals surface area contributed by atoms with Crippen molar-refractivity contribution < 1.29 is 24.0 Å². The second-order valence-corrected chi connectivity index (χ2v) is 6.74. The number of methoxy groups -OCH3 is 1. The van der Waals surface area contributed by atoms with E-state index in [1.54, 1.807) is 32.4 Å². The SMILES string of the molecule is COC(=O)c1c(C)c(C(=O)C(C)N(C)C(=O)c2ccc([N+](=O)[O-])cc2)c(C)n1C. The maximum atomic E-state index is 13.1. The molecule has 154 valence electrons. The Morgan fingerprint density at radius 1 is 1.17 bits per heavy atom. The standard InChI is InChI=1S/C20H23N3O6/c1-11-16(12(2)21(4)17(11)20(26)29-6)18(24)13(3)22(5)19(25)14-7-9-15(10-8-14)23(27)28/h7-10,13H,1-6H3. The molecule has 0 aliphatic heterocycles. The number of nitro benzene ring substituents is 1. The van der Waals surface area contributed by atoms with Crippen LogP contribution in [0.25, 0.3) is 0 Å². The van der Waals surface area contributed by atoms with Crippen molar-refractivity contribution in [1.82, 2.24) is 9.47 Å². The number of non-ortho nitro benzene ring substituents is 1. The Bertz CT molecular complexity index is 991. The van der Waals surface area contributed by atoms with E-state index in [1.807, 2.05) is 0 Å². The van der Waals surface area contributed by atoms with Crippen molar-refractivity contribution in [2.75, 3.05) is 14.2 Å². The number of likely N-dealkylation sites (N-methyl/N-ethyl adjacent to an activating group) is 1. The molecule has 1 amide bonds. The van der Waals surface area contributed by atoms with Gasteiger partial charge in [-0.2, -0.15) is 0 Å². The Kier molecular flexibility index (Phi) is 6.21. The average molecular weight is 401 g/mol. The Labute approximate surface area is 168 Å². The van der Waals surface area contributed by atoms with Gasteiger partial charge in [-0.15, -0.1) is 0 Å². The third-order valence-corrected chi connectivity index (χ3v) is 5.16. The first-order valence-corrected chi connectivity index (χ1v) is 8.82. The molecule has 1 aromatic heterocycles. The number of nitro groups is 1. The van der Waals surface area contributed by atoms with Crippen molar-refractivity contribution in [3.63, 3.8) is 0 Å². The molecule has 1 aromatic carbocycles. The van der Waals surface area contributed by atoms with Gasteiger partial charge in [0.25, 0.3) is 11.6 Å². The van der Waals surface area contributed by atoms with Gasteiger partial charge in [-0.1, -0.05) is 0 Å². The molecule has 1 atom stereocenters. The van der Waals surface area contributed by atoms with Crippen LogP contribution < -0.4 is 0 Å². The van der Waals surface area contributed by atoms with Crippen LogP contribution in [-0.4, -0.2) is 52.2 Å². The molecule has 0 fully saturated rings. The molecule has 29 heavy (non-hydrogen) atoms. The number of aromatic nitrogens is 1. The van der Waals surface area contributed by atoms with Crippen LogP contribution in [0.3, 0.4) is 0 Å². The summed E-state index contributed by atoms with van der Waals surface area (Å²) in [6.45, 7) is 4.98. The molecule has 0 saturated heterocycles. The summed E-state index contributed by atoms with van der Waals surface area (Å²) < 4.78 is 6.39. The van der Waals surface area contributed by atoms with E-state index in [4.69, 9.17) is 4.74 Å². The molecule has 0 spiro atoms. The molecule has 0 aliphatic rings. The first kappa shape index (κ1) is 21.8. The highest BCUT2D eigenvalue weighted by Gasteiger charge is 2.31. The molecule has 0 radical (unpaired) electrons. The molecular weight excluding hydrogens is 378 g/mol. The second kappa shape index (κ2) is 8.26.